The lowest BCUT2D eigenvalue weighted by Gasteiger charge is -2.15. The van der Waals surface area contributed by atoms with Crippen molar-refractivity contribution in [2.75, 3.05) is 26.7 Å². The van der Waals surface area contributed by atoms with Crippen molar-refractivity contribution in [2.45, 2.75) is 33.1 Å². The average Bonchev–Trinajstić information content (AvgIpc) is 2.12. The van der Waals surface area contributed by atoms with Gasteiger partial charge in [0.2, 0.25) is 5.91 Å². The number of hydrogen-bond acceptors (Lipinski definition) is 2. The molecule has 1 N–H and O–H groups in total. The predicted molar refractivity (Wildman–Crippen MR) is 55.7 cm³/mol. The summed E-state index contributed by atoms with van der Waals surface area (Å²) < 4.78 is 0. The Morgan fingerprint density at radius 2 is 2.00 bits per heavy atom. The Bertz CT molecular complexity index is 137. The minimum Gasteiger partial charge on any atom is -0.356 e. The van der Waals surface area contributed by atoms with Crippen LogP contribution in [0.4, 0.5) is 0 Å². The summed E-state index contributed by atoms with van der Waals surface area (Å²) in [5, 5.41) is 2.79. The standard InChI is InChI=1S/C10H22N2O/c1-4-6-8-12(3)9-7-10(13)11-5-2/h4-9H2,1-3H3,(H,11,13). The van der Waals surface area contributed by atoms with E-state index in [9.17, 15) is 4.79 Å². The largest absolute Gasteiger partial charge is 0.356 e. The number of amides is 1. The zero-order chi connectivity index (χ0) is 10.1. The fourth-order valence-electron chi connectivity index (χ4n) is 1.12. The molecule has 78 valence electrons. The molecule has 0 saturated heterocycles. The van der Waals surface area contributed by atoms with Crippen LogP contribution in [0.2, 0.25) is 0 Å². The van der Waals surface area contributed by atoms with E-state index in [4.69, 9.17) is 0 Å². The van der Waals surface area contributed by atoms with Crippen molar-refractivity contribution in [1.82, 2.24) is 10.2 Å². The van der Waals surface area contributed by atoms with Crippen molar-refractivity contribution >= 4 is 5.91 Å². The van der Waals surface area contributed by atoms with Gasteiger partial charge < -0.3 is 10.2 Å². The van der Waals surface area contributed by atoms with E-state index >= 15 is 0 Å². The number of carbonyl (C=O) groups is 1. The van der Waals surface area contributed by atoms with Crippen LogP contribution in [0.25, 0.3) is 0 Å². The Morgan fingerprint density at radius 1 is 1.31 bits per heavy atom. The van der Waals surface area contributed by atoms with Gasteiger partial charge in [0.25, 0.3) is 0 Å². The third-order valence-electron chi connectivity index (χ3n) is 1.99. The molecule has 13 heavy (non-hydrogen) atoms. The fourth-order valence-corrected chi connectivity index (χ4v) is 1.12. The van der Waals surface area contributed by atoms with Gasteiger partial charge in [0, 0.05) is 19.5 Å². The van der Waals surface area contributed by atoms with E-state index in [0.29, 0.717) is 6.42 Å². The third kappa shape index (κ3) is 7.78. The second-order valence-electron chi connectivity index (χ2n) is 3.36. The van der Waals surface area contributed by atoms with Gasteiger partial charge in [-0.1, -0.05) is 13.3 Å². The topological polar surface area (TPSA) is 32.3 Å². The Kier molecular flexibility index (Phi) is 7.69. The van der Waals surface area contributed by atoms with Crippen LogP contribution in [-0.4, -0.2) is 37.5 Å². The fraction of sp³-hybridized carbons (Fsp3) is 0.900. The first-order valence-corrected chi connectivity index (χ1v) is 5.16. The summed E-state index contributed by atoms with van der Waals surface area (Å²) in [4.78, 5) is 13.3. The molecule has 0 bridgehead atoms. The molecule has 0 aliphatic carbocycles. The van der Waals surface area contributed by atoms with Gasteiger partial charge in [0.05, 0.1) is 0 Å². The van der Waals surface area contributed by atoms with E-state index in [-0.39, 0.29) is 5.91 Å². The third-order valence-corrected chi connectivity index (χ3v) is 1.99. The van der Waals surface area contributed by atoms with E-state index in [2.05, 4.69) is 24.2 Å². The maximum absolute atomic E-state index is 11.1. The van der Waals surface area contributed by atoms with Crippen LogP contribution in [0.5, 0.6) is 0 Å². The summed E-state index contributed by atoms with van der Waals surface area (Å²) in [7, 11) is 2.06. The van der Waals surface area contributed by atoms with E-state index in [0.717, 1.165) is 19.6 Å². The normalized spacial score (nSPS) is 10.5. The van der Waals surface area contributed by atoms with Crippen LogP contribution in [-0.2, 0) is 4.79 Å². The first-order chi connectivity index (χ1) is 6.20. The first kappa shape index (κ1) is 12.4. The number of unbranched alkanes of at least 4 members (excludes halogenated alkanes) is 1. The molecule has 0 radical (unpaired) electrons. The molecule has 3 nitrogen and oxygen atoms in total. The SMILES string of the molecule is CCCCN(C)CCC(=O)NCC. The van der Waals surface area contributed by atoms with Crippen LogP contribution in [0.1, 0.15) is 33.1 Å². The van der Waals surface area contributed by atoms with Crippen molar-refractivity contribution in [2.24, 2.45) is 0 Å². The van der Waals surface area contributed by atoms with E-state index in [1.807, 2.05) is 6.92 Å². The van der Waals surface area contributed by atoms with Crippen LogP contribution < -0.4 is 5.32 Å². The highest BCUT2D eigenvalue weighted by molar-refractivity contribution is 5.75. The molecule has 0 aliphatic heterocycles. The van der Waals surface area contributed by atoms with E-state index in [1.54, 1.807) is 0 Å². The van der Waals surface area contributed by atoms with Gasteiger partial charge in [-0.15, -0.1) is 0 Å². The molecule has 0 atom stereocenters. The van der Waals surface area contributed by atoms with E-state index in [1.165, 1.54) is 12.8 Å². The van der Waals surface area contributed by atoms with Gasteiger partial charge in [0.1, 0.15) is 0 Å². The summed E-state index contributed by atoms with van der Waals surface area (Å²) in [5.41, 5.74) is 0. The molecule has 0 aromatic carbocycles. The van der Waals surface area contributed by atoms with Gasteiger partial charge in [-0.05, 0) is 26.9 Å². The zero-order valence-electron chi connectivity index (χ0n) is 9.10. The Labute approximate surface area is 81.5 Å². The van der Waals surface area contributed by atoms with Crippen molar-refractivity contribution < 1.29 is 4.79 Å². The molecule has 0 saturated carbocycles. The van der Waals surface area contributed by atoms with Gasteiger partial charge in [-0.25, -0.2) is 0 Å². The molecule has 0 aromatic rings. The molecule has 0 aromatic heterocycles. The van der Waals surface area contributed by atoms with Crippen LogP contribution in [0.3, 0.4) is 0 Å². The molecule has 0 heterocycles. The highest BCUT2D eigenvalue weighted by Crippen LogP contribution is 1.93. The minimum absolute atomic E-state index is 0.158. The number of nitrogens with zero attached hydrogens (tertiary/aromatic N) is 1. The Balaban J connectivity index is 3.34. The maximum atomic E-state index is 11.1. The Hall–Kier alpha value is -0.570. The minimum atomic E-state index is 0.158. The van der Waals surface area contributed by atoms with Crippen LogP contribution in [0.15, 0.2) is 0 Å². The summed E-state index contributed by atoms with van der Waals surface area (Å²) >= 11 is 0. The summed E-state index contributed by atoms with van der Waals surface area (Å²) in [5.74, 6) is 0.158. The molecule has 3 heteroatoms. The molecule has 0 fully saturated rings. The van der Waals surface area contributed by atoms with Crippen LogP contribution in [0, 0.1) is 0 Å². The lowest BCUT2D eigenvalue weighted by molar-refractivity contribution is -0.121. The number of hydrogen-bond donors (Lipinski definition) is 1. The first-order valence-electron chi connectivity index (χ1n) is 5.16. The molecule has 0 unspecified atom stereocenters. The predicted octanol–water partition coefficient (Wildman–Crippen LogP) is 1.24. The quantitative estimate of drug-likeness (QED) is 0.649. The lowest BCUT2D eigenvalue weighted by atomic mass is 10.3. The number of carbonyl (C=O) groups excluding carboxylic acids is 1. The van der Waals surface area contributed by atoms with Gasteiger partial charge in [0.15, 0.2) is 0 Å². The smallest absolute Gasteiger partial charge is 0.221 e. The zero-order valence-corrected chi connectivity index (χ0v) is 9.10. The van der Waals surface area contributed by atoms with Crippen molar-refractivity contribution in [1.29, 1.82) is 0 Å². The van der Waals surface area contributed by atoms with Gasteiger partial charge >= 0.3 is 0 Å². The molecule has 1 amide bonds. The van der Waals surface area contributed by atoms with Crippen molar-refractivity contribution in [3.8, 4) is 0 Å². The lowest BCUT2D eigenvalue weighted by Crippen LogP contribution is -2.29. The highest BCUT2D eigenvalue weighted by Gasteiger charge is 2.02. The highest BCUT2D eigenvalue weighted by atomic mass is 16.1. The summed E-state index contributed by atoms with van der Waals surface area (Å²) in [6.07, 6.45) is 3.05. The van der Waals surface area contributed by atoms with Gasteiger partial charge in [-0.2, -0.15) is 0 Å². The second kappa shape index (κ2) is 8.05. The summed E-state index contributed by atoms with van der Waals surface area (Å²) in [6.45, 7) is 6.82. The second-order valence-corrected chi connectivity index (χ2v) is 3.36. The van der Waals surface area contributed by atoms with E-state index < -0.39 is 0 Å². The molecular weight excluding hydrogens is 164 g/mol. The molecule has 0 rings (SSSR count). The maximum Gasteiger partial charge on any atom is 0.221 e. The monoisotopic (exact) mass is 186 g/mol. The molecule has 0 spiro atoms. The molecular formula is C10H22N2O. The van der Waals surface area contributed by atoms with Crippen molar-refractivity contribution in [3.05, 3.63) is 0 Å². The number of nitrogens with one attached hydrogen (secondary N) is 1. The van der Waals surface area contributed by atoms with Gasteiger partial charge in [-0.3, -0.25) is 4.79 Å². The molecule has 0 aliphatic rings. The average molecular weight is 186 g/mol. The van der Waals surface area contributed by atoms with Crippen LogP contribution >= 0.6 is 0 Å². The van der Waals surface area contributed by atoms with Crippen molar-refractivity contribution in [3.63, 3.8) is 0 Å². The number of rotatable bonds is 7. The summed E-state index contributed by atoms with van der Waals surface area (Å²) in [6, 6.07) is 0. The Morgan fingerprint density at radius 3 is 2.54 bits per heavy atom.